The van der Waals surface area contributed by atoms with Crippen LogP contribution in [0.5, 0.6) is 0 Å². The predicted octanol–water partition coefficient (Wildman–Crippen LogP) is 0.496. The molecule has 6 nitrogen and oxygen atoms in total. The summed E-state index contributed by atoms with van der Waals surface area (Å²) in [7, 11) is 0. The second-order valence-corrected chi connectivity index (χ2v) is 5.22. The summed E-state index contributed by atoms with van der Waals surface area (Å²) >= 11 is 0. The van der Waals surface area contributed by atoms with Gasteiger partial charge in [0.25, 0.3) is 0 Å². The Hall–Kier alpha value is -0.240. The van der Waals surface area contributed by atoms with Crippen LogP contribution in [0.25, 0.3) is 0 Å². The first-order valence-electron chi connectivity index (χ1n) is 8.14. The molecule has 0 aromatic heterocycles. The highest BCUT2D eigenvalue weighted by molar-refractivity contribution is 4.71. The van der Waals surface area contributed by atoms with Gasteiger partial charge in [-0.05, 0) is 6.42 Å². The number of nitrogens with two attached hydrogens (primary N) is 1. The normalized spacial score (nSPS) is 20.0. The Morgan fingerprint density at radius 2 is 1.71 bits per heavy atom. The molecule has 1 heterocycles. The highest BCUT2D eigenvalue weighted by Gasteiger charge is 2.18. The van der Waals surface area contributed by atoms with Crippen LogP contribution < -0.4 is 5.73 Å². The highest BCUT2D eigenvalue weighted by Crippen LogP contribution is 2.03. The summed E-state index contributed by atoms with van der Waals surface area (Å²) in [4.78, 5) is 2.34. The second kappa shape index (κ2) is 13.4. The standard InChI is InChI=1S/C15H32N2O4/c1-2-3-6-18-9-11-20-12-10-19-7-4-17-5-8-21-15(13-16)14-17/h15H,2-14,16H2,1H3. The van der Waals surface area contributed by atoms with Gasteiger partial charge < -0.3 is 24.7 Å². The van der Waals surface area contributed by atoms with E-state index in [0.29, 0.717) is 33.0 Å². The van der Waals surface area contributed by atoms with Crippen molar-refractivity contribution in [1.29, 1.82) is 0 Å². The Morgan fingerprint density at radius 1 is 1.05 bits per heavy atom. The number of hydrogen-bond acceptors (Lipinski definition) is 6. The van der Waals surface area contributed by atoms with Gasteiger partial charge in [0.05, 0.1) is 45.7 Å². The van der Waals surface area contributed by atoms with Gasteiger partial charge in [-0.2, -0.15) is 0 Å². The molecule has 0 saturated carbocycles. The van der Waals surface area contributed by atoms with E-state index in [1.807, 2.05) is 0 Å². The van der Waals surface area contributed by atoms with Crippen LogP contribution in [0, 0.1) is 0 Å². The number of unbranched alkanes of at least 4 members (excludes halogenated alkanes) is 1. The minimum Gasteiger partial charge on any atom is -0.379 e. The Kier molecular flexibility index (Phi) is 12.0. The molecular weight excluding hydrogens is 272 g/mol. The lowest BCUT2D eigenvalue weighted by molar-refractivity contribution is -0.0356. The lowest BCUT2D eigenvalue weighted by atomic mass is 10.3. The molecule has 1 fully saturated rings. The van der Waals surface area contributed by atoms with Gasteiger partial charge in [0.15, 0.2) is 0 Å². The van der Waals surface area contributed by atoms with E-state index in [1.54, 1.807) is 0 Å². The molecule has 0 aromatic rings. The van der Waals surface area contributed by atoms with E-state index in [0.717, 1.165) is 45.9 Å². The molecule has 0 radical (unpaired) electrons. The van der Waals surface area contributed by atoms with E-state index >= 15 is 0 Å². The monoisotopic (exact) mass is 304 g/mol. The third-order valence-electron chi connectivity index (χ3n) is 3.42. The summed E-state index contributed by atoms with van der Waals surface area (Å²) in [5, 5.41) is 0. The van der Waals surface area contributed by atoms with Crippen molar-refractivity contribution in [2.75, 3.05) is 72.4 Å². The highest BCUT2D eigenvalue weighted by atomic mass is 16.5. The van der Waals surface area contributed by atoms with Gasteiger partial charge >= 0.3 is 0 Å². The van der Waals surface area contributed by atoms with Crippen LogP contribution in [0.3, 0.4) is 0 Å². The molecule has 0 aromatic carbocycles. The maximum absolute atomic E-state index is 5.62. The quantitative estimate of drug-likeness (QED) is 0.500. The predicted molar refractivity (Wildman–Crippen MR) is 82.6 cm³/mol. The maximum Gasteiger partial charge on any atom is 0.0824 e. The van der Waals surface area contributed by atoms with Crippen LogP contribution in [0.15, 0.2) is 0 Å². The van der Waals surface area contributed by atoms with Gasteiger partial charge in [0.2, 0.25) is 0 Å². The molecule has 0 amide bonds. The molecule has 1 atom stereocenters. The zero-order valence-electron chi connectivity index (χ0n) is 13.4. The number of morpholine rings is 1. The minimum absolute atomic E-state index is 0.176. The molecule has 21 heavy (non-hydrogen) atoms. The van der Waals surface area contributed by atoms with Gasteiger partial charge in [0.1, 0.15) is 0 Å². The van der Waals surface area contributed by atoms with E-state index in [1.165, 1.54) is 6.42 Å². The summed E-state index contributed by atoms with van der Waals surface area (Å²) < 4.78 is 21.9. The molecule has 126 valence electrons. The van der Waals surface area contributed by atoms with E-state index in [9.17, 15) is 0 Å². The van der Waals surface area contributed by atoms with E-state index < -0.39 is 0 Å². The summed E-state index contributed by atoms with van der Waals surface area (Å²) in [6.07, 6.45) is 2.47. The first-order valence-corrected chi connectivity index (χ1v) is 8.14. The maximum atomic E-state index is 5.62. The first-order chi connectivity index (χ1) is 10.4. The molecule has 2 N–H and O–H groups in total. The van der Waals surface area contributed by atoms with E-state index in [-0.39, 0.29) is 6.10 Å². The molecule has 0 bridgehead atoms. The summed E-state index contributed by atoms with van der Waals surface area (Å²) in [5.74, 6) is 0. The number of hydrogen-bond donors (Lipinski definition) is 1. The van der Waals surface area contributed by atoms with Crippen molar-refractivity contribution < 1.29 is 18.9 Å². The number of nitrogens with zero attached hydrogens (tertiary/aromatic N) is 1. The minimum atomic E-state index is 0.176. The molecule has 0 aliphatic carbocycles. The third kappa shape index (κ3) is 10.2. The van der Waals surface area contributed by atoms with Crippen LogP contribution in [-0.4, -0.2) is 83.4 Å². The second-order valence-electron chi connectivity index (χ2n) is 5.22. The molecule has 0 spiro atoms. The average molecular weight is 304 g/mol. The summed E-state index contributed by atoms with van der Waals surface area (Å²) in [5.41, 5.74) is 5.62. The average Bonchev–Trinajstić information content (AvgIpc) is 2.53. The zero-order chi connectivity index (χ0) is 15.2. The number of ether oxygens (including phenoxy) is 4. The van der Waals surface area contributed by atoms with Gasteiger partial charge in [-0.15, -0.1) is 0 Å². The molecule has 1 unspecified atom stereocenters. The van der Waals surface area contributed by atoms with Crippen molar-refractivity contribution >= 4 is 0 Å². The van der Waals surface area contributed by atoms with Crippen molar-refractivity contribution in [2.45, 2.75) is 25.9 Å². The summed E-state index contributed by atoms with van der Waals surface area (Å²) in [6, 6.07) is 0. The zero-order valence-corrected chi connectivity index (χ0v) is 13.4. The number of rotatable bonds is 13. The van der Waals surface area contributed by atoms with E-state index in [4.69, 9.17) is 24.7 Å². The fourth-order valence-corrected chi connectivity index (χ4v) is 2.11. The van der Waals surface area contributed by atoms with Gasteiger partial charge in [-0.3, -0.25) is 4.90 Å². The van der Waals surface area contributed by atoms with Crippen LogP contribution >= 0.6 is 0 Å². The van der Waals surface area contributed by atoms with Crippen molar-refractivity contribution in [2.24, 2.45) is 5.73 Å². The van der Waals surface area contributed by atoms with E-state index in [2.05, 4.69) is 11.8 Å². The molecule has 1 aliphatic rings. The van der Waals surface area contributed by atoms with Crippen LogP contribution in [0.4, 0.5) is 0 Å². The topological polar surface area (TPSA) is 66.2 Å². The molecule has 1 saturated heterocycles. The summed E-state index contributed by atoms with van der Waals surface area (Å²) in [6.45, 7) is 10.5. The fourth-order valence-electron chi connectivity index (χ4n) is 2.11. The van der Waals surface area contributed by atoms with Crippen LogP contribution in [0.2, 0.25) is 0 Å². The lowest BCUT2D eigenvalue weighted by Crippen LogP contribution is -2.46. The van der Waals surface area contributed by atoms with Gasteiger partial charge in [0, 0.05) is 32.8 Å². The Labute approximate surface area is 128 Å². The van der Waals surface area contributed by atoms with Crippen LogP contribution in [0.1, 0.15) is 19.8 Å². The Morgan fingerprint density at radius 3 is 2.38 bits per heavy atom. The largest absolute Gasteiger partial charge is 0.379 e. The van der Waals surface area contributed by atoms with Crippen LogP contribution in [-0.2, 0) is 18.9 Å². The molecular formula is C15H32N2O4. The van der Waals surface area contributed by atoms with Gasteiger partial charge in [-0.1, -0.05) is 13.3 Å². The van der Waals surface area contributed by atoms with Crippen molar-refractivity contribution in [3.05, 3.63) is 0 Å². The first kappa shape index (κ1) is 18.8. The van der Waals surface area contributed by atoms with Gasteiger partial charge in [-0.25, -0.2) is 0 Å². The fraction of sp³-hybridized carbons (Fsp3) is 1.00. The molecule has 6 heteroatoms. The van der Waals surface area contributed by atoms with Crippen molar-refractivity contribution in [3.8, 4) is 0 Å². The van der Waals surface area contributed by atoms with Crippen molar-refractivity contribution in [1.82, 2.24) is 4.90 Å². The third-order valence-corrected chi connectivity index (χ3v) is 3.42. The smallest absolute Gasteiger partial charge is 0.0824 e. The molecule has 1 aliphatic heterocycles. The SMILES string of the molecule is CCCCOCCOCCOCCN1CCOC(CN)C1. The Bertz CT molecular complexity index is 232. The Balaban J connectivity index is 1.80. The lowest BCUT2D eigenvalue weighted by Gasteiger charge is -2.32. The molecule has 1 rings (SSSR count). The van der Waals surface area contributed by atoms with Crippen molar-refractivity contribution in [3.63, 3.8) is 0 Å².